The van der Waals surface area contributed by atoms with Crippen LogP contribution in [0.25, 0.3) is 0 Å². The summed E-state index contributed by atoms with van der Waals surface area (Å²) in [5, 5.41) is 0. The zero-order chi connectivity index (χ0) is 16.8. The second-order valence-electron chi connectivity index (χ2n) is 5.81. The van der Waals surface area contributed by atoms with Gasteiger partial charge in [0.1, 0.15) is 0 Å². The Morgan fingerprint density at radius 2 is 1.74 bits per heavy atom. The molecule has 0 atom stereocenters. The van der Waals surface area contributed by atoms with Crippen LogP contribution in [0.1, 0.15) is 39.0 Å². The average molecular weight is 324 g/mol. The average Bonchev–Trinajstić information content (AvgIpc) is 2.79. The quantitative estimate of drug-likeness (QED) is 0.854. The molecule has 1 aliphatic rings. The topological polar surface area (TPSA) is 40.6 Å². The minimum atomic E-state index is -1.01. The molecule has 0 aromatic heterocycles. The van der Waals surface area contributed by atoms with Crippen LogP contribution >= 0.6 is 0 Å². The number of nitrogens with zero attached hydrogens (tertiary/aromatic N) is 2. The zero-order valence-corrected chi connectivity index (χ0v) is 13.4. The van der Waals surface area contributed by atoms with Gasteiger partial charge >= 0.3 is 0 Å². The maximum Gasteiger partial charge on any atom is 0.224 e. The maximum absolute atomic E-state index is 13.3. The lowest BCUT2D eigenvalue weighted by Crippen LogP contribution is -2.37. The molecule has 23 heavy (non-hydrogen) atoms. The standard InChI is InChI=1S/C17H22F2N2O2/c1-13(22)21(14-6-7-15(18)16(19)12-14)11-8-17(23)20-9-4-2-3-5-10-20/h6-7,12H,2-5,8-11H2,1H3. The van der Waals surface area contributed by atoms with Gasteiger partial charge in [-0.15, -0.1) is 0 Å². The molecule has 126 valence electrons. The molecule has 1 fully saturated rings. The van der Waals surface area contributed by atoms with Crippen LogP contribution in [-0.2, 0) is 9.59 Å². The molecule has 1 saturated heterocycles. The molecule has 0 N–H and O–H groups in total. The summed E-state index contributed by atoms with van der Waals surface area (Å²) in [6.07, 6.45) is 4.46. The Hall–Kier alpha value is -1.98. The van der Waals surface area contributed by atoms with Gasteiger partial charge in [-0.3, -0.25) is 9.59 Å². The van der Waals surface area contributed by atoms with Gasteiger partial charge < -0.3 is 9.80 Å². The highest BCUT2D eigenvalue weighted by atomic mass is 19.2. The molecular formula is C17H22F2N2O2. The molecule has 0 unspecified atom stereocenters. The van der Waals surface area contributed by atoms with E-state index in [1.54, 1.807) is 0 Å². The van der Waals surface area contributed by atoms with Gasteiger partial charge in [0.2, 0.25) is 11.8 Å². The Bertz CT molecular complexity index is 570. The third kappa shape index (κ3) is 4.74. The lowest BCUT2D eigenvalue weighted by molar-refractivity contribution is -0.131. The first-order valence-electron chi connectivity index (χ1n) is 8.00. The van der Waals surface area contributed by atoms with Crippen molar-refractivity contribution in [3.63, 3.8) is 0 Å². The number of anilines is 1. The van der Waals surface area contributed by atoms with E-state index in [4.69, 9.17) is 0 Å². The minimum absolute atomic E-state index is 0.000679. The number of likely N-dealkylation sites (tertiary alicyclic amines) is 1. The molecule has 0 aliphatic carbocycles. The van der Waals surface area contributed by atoms with Crippen molar-refractivity contribution in [2.75, 3.05) is 24.5 Å². The van der Waals surface area contributed by atoms with Crippen LogP contribution in [-0.4, -0.2) is 36.3 Å². The highest BCUT2D eigenvalue weighted by Gasteiger charge is 2.19. The molecule has 1 aromatic carbocycles. The Morgan fingerprint density at radius 1 is 1.09 bits per heavy atom. The van der Waals surface area contributed by atoms with Crippen molar-refractivity contribution in [3.05, 3.63) is 29.8 Å². The summed E-state index contributed by atoms with van der Waals surface area (Å²) in [6, 6.07) is 3.31. The SMILES string of the molecule is CC(=O)N(CCC(=O)N1CCCCCC1)c1ccc(F)c(F)c1. The molecule has 1 aromatic rings. The summed E-state index contributed by atoms with van der Waals surface area (Å²) in [7, 11) is 0. The number of carbonyl (C=O) groups excluding carboxylic acids is 2. The van der Waals surface area contributed by atoms with Gasteiger partial charge in [0.25, 0.3) is 0 Å². The molecule has 4 nitrogen and oxygen atoms in total. The van der Waals surface area contributed by atoms with E-state index in [0.29, 0.717) is 0 Å². The summed E-state index contributed by atoms with van der Waals surface area (Å²) in [4.78, 5) is 27.2. The smallest absolute Gasteiger partial charge is 0.224 e. The Balaban J connectivity index is 2.00. The lowest BCUT2D eigenvalue weighted by atomic mass is 10.2. The largest absolute Gasteiger partial charge is 0.343 e. The second-order valence-corrected chi connectivity index (χ2v) is 5.81. The van der Waals surface area contributed by atoms with Crippen LogP contribution < -0.4 is 4.90 Å². The van der Waals surface area contributed by atoms with E-state index in [2.05, 4.69) is 0 Å². The van der Waals surface area contributed by atoms with Gasteiger partial charge in [0.15, 0.2) is 11.6 Å². The first-order valence-corrected chi connectivity index (χ1v) is 8.00. The summed E-state index contributed by atoms with van der Waals surface area (Å²) in [6.45, 7) is 3.02. The van der Waals surface area contributed by atoms with Crippen molar-refractivity contribution in [2.24, 2.45) is 0 Å². The number of halogens is 2. The summed E-state index contributed by atoms with van der Waals surface area (Å²) < 4.78 is 26.4. The highest BCUT2D eigenvalue weighted by Crippen LogP contribution is 2.19. The molecule has 1 heterocycles. The van der Waals surface area contributed by atoms with Gasteiger partial charge in [0, 0.05) is 44.7 Å². The molecule has 1 aliphatic heterocycles. The summed E-state index contributed by atoms with van der Waals surface area (Å²) >= 11 is 0. The zero-order valence-electron chi connectivity index (χ0n) is 13.4. The number of rotatable bonds is 4. The van der Waals surface area contributed by atoms with E-state index in [1.807, 2.05) is 4.90 Å². The number of carbonyl (C=O) groups is 2. The van der Waals surface area contributed by atoms with E-state index in [1.165, 1.54) is 17.9 Å². The monoisotopic (exact) mass is 324 g/mol. The first-order chi connectivity index (χ1) is 11.0. The first kappa shape index (κ1) is 17.4. The normalized spacial score (nSPS) is 15.2. The Morgan fingerprint density at radius 3 is 2.30 bits per heavy atom. The fourth-order valence-electron chi connectivity index (χ4n) is 2.81. The maximum atomic E-state index is 13.3. The molecule has 6 heteroatoms. The van der Waals surface area contributed by atoms with E-state index >= 15 is 0 Å². The van der Waals surface area contributed by atoms with Crippen molar-refractivity contribution < 1.29 is 18.4 Å². The second kappa shape index (κ2) is 8.04. The molecule has 0 radical (unpaired) electrons. The van der Waals surface area contributed by atoms with Crippen molar-refractivity contribution >= 4 is 17.5 Å². The predicted molar refractivity (Wildman–Crippen MR) is 84.1 cm³/mol. The molecule has 0 bridgehead atoms. The van der Waals surface area contributed by atoms with Gasteiger partial charge in [-0.25, -0.2) is 8.78 Å². The van der Waals surface area contributed by atoms with Crippen molar-refractivity contribution in [3.8, 4) is 0 Å². The van der Waals surface area contributed by atoms with Crippen LogP contribution in [0.4, 0.5) is 14.5 Å². The van der Waals surface area contributed by atoms with E-state index in [0.717, 1.165) is 50.9 Å². The van der Waals surface area contributed by atoms with Crippen molar-refractivity contribution in [2.45, 2.75) is 39.0 Å². The number of benzene rings is 1. The van der Waals surface area contributed by atoms with Crippen LogP contribution in [0.5, 0.6) is 0 Å². The highest BCUT2D eigenvalue weighted by molar-refractivity contribution is 5.92. The van der Waals surface area contributed by atoms with E-state index < -0.39 is 11.6 Å². The van der Waals surface area contributed by atoms with Gasteiger partial charge in [-0.1, -0.05) is 12.8 Å². The van der Waals surface area contributed by atoms with Crippen molar-refractivity contribution in [1.29, 1.82) is 0 Å². The molecule has 2 amide bonds. The van der Waals surface area contributed by atoms with Gasteiger partial charge in [-0.05, 0) is 25.0 Å². The molecule has 2 rings (SSSR count). The van der Waals surface area contributed by atoms with Gasteiger partial charge in [-0.2, -0.15) is 0 Å². The molecular weight excluding hydrogens is 302 g/mol. The van der Waals surface area contributed by atoms with Crippen LogP contribution in [0, 0.1) is 11.6 Å². The summed E-state index contributed by atoms with van der Waals surface area (Å²) in [5.41, 5.74) is 0.264. The van der Waals surface area contributed by atoms with Gasteiger partial charge in [0.05, 0.1) is 0 Å². The number of amides is 2. The Labute approximate surface area is 135 Å². The van der Waals surface area contributed by atoms with E-state index in [9.17, 15) is 18.4 Å². The predicted octanol–water partition coefficient (Wildman–Crippen LogP) is 3.11. The third-order valence-corrected chi connectivity index (χ3v) is 4.10. The molecule has 0 saturated carbocycles. The van der Waals surface area contributed by atoms with Crippen LogP contribution in [0.3, 0.4) is 0 Å². The van der Waals surface area contributed by atoms with Crippen LogP contribution in [0.15, 0.2) is 18.2 Å². The number of hydrogen-bond acceptors (Lipinski definition) is 2. The fourth-order valence-corrected chi connectivity index (χ4v) is 2.81. The number of hydrogen-bond donors (Lipinski definition) is 0. The van der Waals surface area contributed by atoms with E-state index in [-0.39, 0.29) is 30.5 Å². The van der Waals surface area contributed by atoms with Crippen LogP contribution in [0.2, 0.25) is 0 Å². The Kier molecular flexibility index (Phi) is 6.07. The summed E-state index contributed by atoms with van der Waals surface area (Å²) in [5.74, 6) is -2.27. The lowest BCUT2D eigenvalue weighted by Gasteiger charge is -2.24. The van der Waals surface area contributed by atoms with Crippen molar-refractivity contribution in [1.82, 2.24) is 4.90 Å². The third-order valence-electron chi connectivity index (χ3n) is 4.10. The minimum Gasteiger partial charge on any atom is -0.343 e. The fraction of sp³-hybridized carbons (Fsp3) is 0.529. The molecule has 0 spiro atoms.